The zero-order valence-electron chi connectivity index (χ0n) is 12.4. The monoisotopic (exact) mass is 312 g/mol. The molecule has 0 bridgehead atoms. The van der Waals surface area contributed by atoms with Gasteiger partial charge in [0.2, 0.25) is 0 Å². The van der Waals surface area contributed by atoms with Crippen molar-refractivity contribution in [3.8, 4) is 11.5 Å². The van der Waals surface area contributed by atoms with Crippen molar-refractivity contribution in [2.75, 3.05) is 13.2 Å². The van der Waals surface area contributed by atoms with E-state index < -0.39 is 5.97 Å². The highest BCUT2D eigenvalue weighted by Crippen LogP contribution is 2.44. The first-order valence-corrected chi connectivity index (χ1v) is 7.71. The van der Waals surface area contributed by atoms with Crippen LogP contribution in [0.15, 0.2) is 6.07 Å². The molecule has 0 saturated carbocycles. The maximum atomic E-state index is 10.7. The van der Waals surface area contributed by atoms with E-state index in [1.54, 1.807) is 0 Å². The summed E-state index contributed by atoms with van der Waals surface area (Å²) >= 11 is 6.32. The molecular weight excluding hydrogens is 292 g/mol. The number of carboxylic acid groups (broad SMARTS) is 1. The number of hydrogen-bond acceptors (Lipinski definition) is 3. The summed E-state index contributed by atoms with van der Waals surface area (Å²) in [5, 5.41) is 9.33. The number of rotatable bonds is 5. The van der Waals surface area contributed by atoms with Gasteiger partial charge in [-0.1, -0.05) is 25.4 Å². The Morgan fingerprint density at radius 3 is 2.62 bits per heavy atom. The fraction of sp³-hybridized carbons (Fsp3) is 0.562. The van der Waals surface area contributed by atoms with Crippen LogP contribution in [-0.2, 0) is 11.2 Å². The summed E-state index contributed by atoms with van der Waals surface area (Å²) in [5.41, 5.74) is 2.14. The Balaban J connectivity index is 2.37. The number of fused-ring (bicyclic) bond motifs is 1. The van der Waals surface area contributed by atoms with Gasteiger partial charge in [0.15, 0.2) is 11.5 Å². The Labute approximate surface area is 130 Å². The van der Waals surface area contributed by atoms with Gasteiger partial charge in [0.25, 0.3) is 0 Å². The molecule has 0 aromatic heterocycles. The molecule has 21 heavy (non-hydrogen) atoms. The second-order valence-electron chi connectivity index (χ2n) is 5.54. The normalized spacial score (nSPS) is 14.1. The largest absolute Gasteiger partial charge is 0.489 e. The lowest BCUT2D eigenvalue weighted by Gasteiger charge is -2.20. The SMILES string of the molecule is CC(C)c1c(CCCC(=O)O)cc(Cl)c2c1OCCCO2. The number of benzene rings is 1. The molecule has 1 aliphatic rings. The lowest BCUT2D eigenvalue weighted by molar-refractivity contribution is -0.137. The quantitative estimate of drug-likeness (QED) is 0.891. The maximum Gasteiger partial charge on any atom is 0.303 e. The molecule has 0 spiro atoms. The van der Waals surface area contributed by atoms with Crippen molar-refractivity contribution in [3.05, 3.63) is 22.2 Å². The minimum Gasteiger partial charge on any atom is -0.489 e. The second-order valence-corrected chi connectivity index (χ2v) is 5.95. The Morgan fingerprint density at radius 1 is 1.33 bits per heavy atom. The average molecular weight is 313 g/mol. The second kappa shape index (κ2) is 7.03. The van der Waals surface area contributed by atoms with Crippen LogP contribution in [0.1, 0.15) is 50.2 Å². The highest BCUT2D eigenvalue weighted by molar-refractivity contribution is 6.32. The van der Waals surface area contributed by atoms with Gasteiger partial charge in [-0.25, -0.2) is 0 Å². The van der Waals surface area contributed by atoms with E-state index in [-0.39, 0.29) is 12.3 Å². The van der Waals surface area contributed by atoms with E-state index >= 15 is 0 Å². The molecule has 0 aliphatic carbocycles. The molecule has 0 atom stereocenters. The molecule has 1 N–H and O–H groups in total. The van der Waals surface area contributed by atoms with Crippen molar-refractivity contribution in [1.82, 2.24) is 0 Å². The van der Waals surface area contributed by atoms with Crippen LogP contribution in [0.4, 0.5) is 0 Å². The van der Waals surface area contributed by atoms with Crippen LogP contribution >= 0.6 is 11.6 Å². The first kappa shape index (κ1) is 16.0. The van der Waals surface area contributed by atoms with Crippen LogP contribution in [0.5, 0.6) is 11.5 Å². The van der Waals surface area contributed by atoms with Gasteiger partial charge in [0.05, 0.1) is 18.2 Å². The van der Waals surface area contributed by atoms with E-state index in [1.165, 1.54) is 0 Å². The molecule has 116 valence electrons. The van der Waals surface area contributed by atoms with Gasteiger partial charge in [-0.2, -0.15) is 0 Å². The van der Waals surface area contributed by atoms with Gasteiger partial charge in [-0.05, 0) is 30.4 Å². The fourth-order valence-corrected chi connectivity index (χ4v) is 2.90. The van der Waals surface area contributed by atoms with E-state index in [0.29, 0.717) is 36.8 Å². The standard InChI is InChI=1S/C16H21ClO4/c1-10(2)14-11(5-3-6-13(18)19)9-12(17)15-16(14)21-8-4-7-20-15/h9-10H,3-8H2,1-2H3,(H,18,19). The first-order chi connectivity index (χ1) is 10.0. The van der Waals surface area contributed by atoms with Crippen LogP contribution in [0.3, 0.4) is 0 Å². The number of hydrogen-bond donors (Lipinski definition) is 1. The highest BCUT2D eigenvalue weighted by atomic mass is 35.5. The molecule has 1 aromatic rings. The molecule has 5 heteroatoms. The number of ether oxygens (including phenoxy) is 2. The van der Waals surface area contributed by atoms with Crippen molar-refractivity contribution < 1.29 is 19.4 Å². The third-order valence-corrected chi connectivity index (χ3v) is 3.79. The van der Waals surface area contributed by atoms with Gasteiger partial charge in [0, 0.05) is 18.4 Å². The van der Waals surface area contributed by atoms with Crippen molar-refractivity contribution in [2.24, 2.45) is 0 Å². The molecule has 0 fully saturated rings. The minimum atomic E-state index is -0.776. The fourth-order valence-electron chi connectivity index (χ4n) is 2.63. The summed E-state index contributed by atoms with van der Waals surface area (Å²) in [7, 11) is 0. The van der Waals surface area contributed by atoms with Crippen molar-refractivity contribution in [1.29, 1.82) is 0 Å². The Morgan fingerprint density at radius 2 is 2.00 bits per heavy atom. The molecule has 0 unspecified atom stereocenters. The highest BCUT2D eigenvalue weighted by Gasteiger charge is 2.23. The zero-order chi connectivity index (χ0) is 15.4. The molecule has 1 aromatic carbocycles. The van der Waals surface area contributed by atoms with E-state index in [4.69, 9.17) is 26.2 Å². The molecule has 2 rings (SSSR count). The topological polar surface area (TPSA) is 55.8 Å². The zero-order valence-corrected chi connectivity index (χ0v) is 13.2. The summed E-state index contributed by atoms with van der Waals surface area (Å²) in [6, 6.07) is 1.90. The van der Waals surface area contributed by atoms with Crippen LogP contribution in [-0.4, -0.2) is 24.3 Å². The van der Waals surface area contributed by atoms with Crippen molar-refractivity contribution >= 4 is 17.6 Å². The lowest BCUT2D eigenvalue weighted by atomic mass is 9.92. The van der Waals surface area contributed by atoms with E-state index in [9.17, 15) is 4.79 Å². The van der Waals surface area contributed by atoms with E-state index in [1.807, 2.05) is 6.07 Å². The number of carbonyl (C=O) groups is 1. The van der Waals surface area contributed by atoms with Crippen LogP contribution in [0.25, 0.3) is 0 Å². The van der Waals surface area contributed by atoms with Crippen LogP contribution in [0.2, 0.25) is 5.02 Å². The average Bonchev–Trinajstić information content (AvgIpc) is 2.64. The third kappa shape index (κ3) is 3.82. The predicted molar refractivity (Wildman–Crippen MR) is 81.7 cm³/mol. The van der Waals surface area contributed by atoms with Crippen LogP contribution in [0, 0.1) is 0 Å². The number of carboxylic acids is 1. The number of aryl methyl sites for hydroxylation is 1. The summed E-state index contributed by atoms with van der Waals surface area (Å²) in [6.07, 6.45) is 2.25. The lowest BCUT2D eigenvalue weighted by Crippen LogP contribution is -2.05. The Bertz CT molecular complexity index is 525. The Hall–Kier alpha value is -1.42. The minimum absolute atomic E-state index is 0.156. The maximum absolute atomic E-state index is 10.7. The van der Waals surface area contributed by atoms with Crippen molar-refractivity contribution in [2.45, 2.75) is 45.4 Å². The Kier molecular flexibility index (Phi) is 5.34. The number of aliphatic carboxylic acids is 1. The number of halogens is 1. The molecule has 0 radical (unpaired) electrons. The molecule has 1 aliphatic heterocycles. The van der Waals surface area contributed by atoms with Gasteiger partial charge in [-0.3, -0.25) is 4.79 Å². The third-order valence-electron chi connectivity index (χ3n) is 3.51. The molecule has 0 amide bonds. The summed E-state index contributed by atoms with van der Waals surface area (Å²) in [4.78, 5) is 10.7. The van der Waals surface area contributed by atoms with E-state index in [0.717, 1.165) is 23.3 Å². The molecule has 1 heterocycles. The smallest absolute Gasteiger partial charge is 0.303 e. The van der Waals surface area contributed by atoms with Gasteiger partial charge < -0.3 is 14.6 Å². The van der Waals surface area contributed by atoms with Gasteiger partial charge >= 0.3 is 5.97 Å². The molecular formula is C16H21ClO4. The summed E-state index contributed by atoms with van der Waals surface area (Å²) in [5.74, 6) is 0.847. The van der Waals surface area contributed by atoms with Gasteiger partial charge in [0.1, 0.15) is 0 Å². The predicted octanol–water partition coefficient (Wildman–Crippen LogP) is 4.03. The van der Waals surface area contributed by atoms with Gasteiger partial charge in [-0.15, -0.1) is 0 Å². The summed E-state index contributed by atoms with van der Waals surface area (Å²) in [6.45, 7) is 5.40. The van der Waals surface area contributed by atoms with E-state index in [2.05, 4.69) is 13.8 Å². The van der Waals surface area contributed by atoms with Crippen molar-refractivity contribution in [3.63, 3.8) is 0 Å². The first-order valence-electron chi connectivity index (χ1n) is 7.33. The molecule has 4 nitrogen and oxygen atoms in total. The van der Waals surface area contributed by atoms with Crippen LogP contribution < -0.4 is 9.47 Å². The molecule has 0 saturated heterocycles. The summed E-state index contributed by atoms with van der Waals surface area (Å²) < 4.78 is 11.6.